The van der Waals surface area contributed by atoms with Gasteiger partial charge in [-0.3, -0.25) is 9.78 Å². The highest BCUT2D eigenvalue weighted by Gasteiger charge is 2.37. The van der Waals surface area contributed by atoms with Gasteiger partial charge in [0.05, 0.1) is 6.61 Å². The van der Waals surface area contributed by atoms with Crippen molar-refractivity contribution in [2.75, 3.05) is 20.3 Å². The molecule has 1 saturated carbocycles. The Labute approximate surface area is 108 Å². The Morgan fingerprint density at radius 3 is 2.89 bits per heavy atom. The summed E-state index contributed by atoms with van der Waals surface area (Å²) in [6.07, 6.45) is 6.86. The topological polar surface area (TPSA) is 51.2 Å². The quantitative estimate of drug-likeness (QED) is 0.866. The highest BCUT2D eigenvalue weighted by molar-refractivity contribution is 5.95. The summed E-state index contributed by atoms with van der Waals surface area (Å²) in [5, 5.41) is 3.02. The lowest BCUT2D eigenvalue weighted by atomic mass is 9.69. The van der Waals surface area contributed by atoms with E-state index in [1.54, 1.807) is 25.6 Å². The maximum Gasteiger partial charge on any atom is 0.251 e. The van der Waals surface area contributed by atoms with Crippen LogP contribution in [0.15, 0.2) is 18.5 Å². The molecule has 0 radical (unpaired) electrons. The molecule has 4 heteroatoms. The monoisotopic (exact) mass is 248 g/mol. The number of carbonyl (C=O) groups is 1. The minimum Gasteiger partial charge on any atom is -0.384 e. The van der Waals surface area contributed by atoms with Crippen molar-refractivity contribution in [1.82, 2.24) is 10.3 Å². The predicted octanol–water partition coefficient (Wildman–Crippen LogP) is 1.94. The Bertz CT molecular complexity index is 428. The first-order valence-corrected chi connectivity index (χ1v) is 6.35. The maximum absolute atomic E-state index is 12.1. The molecular weight excluding hydrogens is 228 g/mol. The van der Waals surface area contributed by atoms with Crippen LogP contribution in [0.25, 0.3) is 0 Å². The van der Waals surface area contributed by atoms with Crippen LogP contribution in [0.1, 0.15) is 35.2 Å². The molecule has 0 atom stereocenters. The summed E-state index contributed by atoms with van der Waals surface area (Å²) in [7, 11) is 1.72. The van der Waals surface area contributed by atoms with Crippen LogP contribution >= 0.6 is 0 Å². The van der Waals surface area contributed by atoms with Crippen LogP contribution in [0.4, 0.5) is 0 Å². The van der Waals surface area contributed by atoms with E-state index in [2.05, 4.69) is 10.3 Å². The molecule has 0 bridgehead atoms. The van der Waals surface area contributed by atoms with E-state index < -0.39 is 0 Å². The van der Waals surface area contributed by atoms with Crippen molar-refractivity contribution in [3.05, 3.63) is 29.6 Å². The second kappa shape index (κ2) is 5.48. The zero-order chi connectivity index (χ0) is 13.0. The number of carbonyl (C=O) groups excluding carboxylic acids is 1. The molecule has 2 rings (SSSR count). The van der Waals surface area contributed by atoms with Crippen molar-refractivity contribution in [3.63, 3.8) is 0 Å². The third-order valence-electron chi connectivity index (χ3n) is 3.75. The Balaban J connectivity index is 1.94. The van der Waals surface area contributed by atoms with Crippen molar-refractivity contribution in [3.8, 4) is 0 Å². The molecule has 98 valence electrons. The van der Waals surface area contributed by atoms with Crippen LogP contribution in [0.5, 0.6) is 0 Å². The summed E-state index contributed by atoms with van der Waals surface area (Å²) < 4.78 is 5.25. The van der Waals surface area contributed by atoms with Crippen LogP contribution < -0.4 is 5.32 Å². The Morgan fingerprint density at radius 2 is 2.33 bits per heavy atom. The first-order chi connectivity index (χ1) is 8.67. The summed E-state index contributed by atoms with van der Waals surface area (Å²) in [6, 6.07) is 1.76. The number of hydrogen-bond donors (Lipinski definition) is 1. The maximum atomic E-state index is 12.1. The highest BCUT2D eigenvalue weighted by atomic mass is 16.5. The van der Waals surface area contributed by atoms with Gasteiger partial charge in [-0.05, 0) is 31.4 Å². The first-order valence-electron chi connectivity index (χ1n) is 6.35. The Kier molecular flexibility index (Phi) is 3.97. The number of aromatic nitrogens is 1. The molecule has 1 aliphatic rings. The van der Waals surface area contributed by atoms with Gasteiger partial charge in [0, 0.05) is 37.0 Å². The lowest BCUT2D eigenvalue weighted by molar-refractivity contribution is 0.0180. The lowest BCUT2D eigenvalue weighted by Gasteiger charge is -2.41. The van der Waals surface area contributed by atoms with Crippen LogP contribution in [0.2, 0.25) is 0 Å². The van der Waals surface area contributed by atoms with Crippen molar-refractivity contribution in [2.24, 2.45) is 5.41 Å². The molecule has 18 heavy (non-hydrogen) atoms. The fraction of sp³-hybridized carbons (Fsp3) is 0.571. The molecule has 1 amide bonds. The zero-order valence-corrected chi connectivity index (χ0v) is 11.0. The number of amides is 1. The van der Waals surface area contributed by atoms with E-state index in [0.717, 1.165) is 25.0 Å². The van der Waals surface area contributed by atoms with Gasteiger partial charge in [0.25, 0.3) is 5.91 Å². The molecule has 1 aromatic rings. The van der Waals surface area contributed by atoms with Crippen molar-refractivity contribution in [2.45, 2.75) is 26.2 Å². The fourth-order valence-electron chi connectivity index (χ4n) is 2.45. The van der Waals surface area contributed by atoms with Gasteiger partial charge in [0.2, 0.25) is 0 Å². The van der Waals surface area contributed by atoms with Crippen LogP contribution in [0.3, 0.4) is 0 Å². The predicted molar refractivity (Wildman–Crippen MR) is 69.5 cm³/mol. The molecule has 0 aliphatic heterocycles. The number of nitrogens with zero attached hydrogens (tertiary/aromatic N) is 1. The summed E-state index contributed by atoms with van der Waals surface area (Å²) in [5.41, 5.74) is 1.77. The molecule has 1 N–H and O–H groups in total. The minimum absolute atomic E-state index is 0.0164. The Morgan fingerprint density at radius 1 is 1.56 bits per heavy atom. The van der Waals surface area contributed by atoms with E-state index in [-0.39, 0.29) is 11.3 Å². The SMILES string of the molecule is COCC1(CNC(=O)c2ccncc2C)CCC1. The average molecular weight is 248 g/mol. The molecule has 0 saturated heterocycles. The van der Waals surface area contributed by atoms with E-state index in [0.29, 0.717) is 12.1 Å². The standard InChI is InChI=1S/C14H20N2O2/c1-11-8-15-7-4-12(11)13(17)16-9-14(10-18-2)5-3-6-14/h4,7-8H,3,5-6,9-10H2,1-2H3,(H,16,17). The third kappa shape index (κ3) is 2.70. The first kappa shape index (κ1) is 13.0. The van der Waals surface area contributed by atoms with Gasteiger partial charge < -0.3 is 10.1 Å². The van der Waals surface area contributed by atoms with Crippen molar-refractivity contribution in [1.29, 1.82) is 0 Å². The zero-order valence-electron chi connectivity index (χ0n) is 11.0. The number of ether oxygens (including phenoxy) is 1. The summed E-state index contributed by atoms with van der Waals surface area (Å²) in [5.74, 6) is -0.0164. The number of rotatable bonds is 5. The minimum atomic E-state index is -0.0164. The van der Waals surface area contributed by atoms with E-state index in [9.17, 15) is 4.79 Å². The summed E-state index contributed by atoms with van der Waals surface area (Å²) in [4.78, 5) is 16.1. The molecular formula is C14H20N2O2. The number of pyridine rings is 1. The molecule has 0 unspecified atom stereocenters. The molecule has 0 spiro atoms. The second-order valence-corrected chi connectivity index (χ2v) is 5.16. The normalized spacial score (nSPS) is 17.0. The van der Waals surface area contributed by atoms with Crippen molar-refractivity contribution < 1.29 is 9.53 Å². The van der Waals surface area contributed by atoms with Gasteiger partial charge in [0.1, 0.15) is 0 Å². The van der Waals surface area contributed by atoms with E-state index in [1.165, 1.54) is 6.42 Å². The molecule has 1 fully saturated rings. The fourth-order valence-corrected chi connectivity index (χ4v) is 2.45. The van der Waals surface area contributed by atoms with Gasteiger partial charge >= 0.3 is 0 Å². The third-order valence-corrected chi connectivity index (χ3v) is 3.75. The number of nitrogens with one attached hydrogen (secondary N) is 1. The molecule has 1 aliphatic carbocycles. The van der Waals surface area contributed by atoms with Gasteiger partial charge in [0.15, 0.2) is 0 Å². The van der Waals surface area contributed by atoms with Gasteiger partial charge in [-0.15, -0.1) is 0 Å². The number of aryl methyl sites for hydroxylation is 1. The highest BCUT2D eigenvalue weighted by Crippen LogP contribution is 2.40. The van der Waals surface area contributed by atoms with Gasteiger partial charge in [-0.2, -0.15) is 0 Å². The smallest absolute Gasteiger partial charge is 0.251 e. The second-order valence-electron chi connectivity index (χ2n) is 5.16. The van der Waals surface area contributed by atoms with Crippen LogP contribution in [-0.2, 0) is 4.74 Å². The Hall–Kier alpha value is -1.42. The van der Waals surface area contributed by atoms with Gasteiger partial charge in [-0.1, -0.05) is 6.42 Å². The van der Waals surface area contributed by atoms with Gasteiger partial charge in [-0.25, -0.2) is 0 Å². The van der Waals surface area contributed by atoms with Crippen molar-refractivity contribution >= 4 is 5.91 Å². The number of methoxy groups -OCH3 is 1. The van der Waals surface area contributed by atoms with Crippen LogP contribution in [0, 0.1) is 12.3 Å². The largest absolute Gasteiger partial charge is 0.384 e. The molecule has 4 nitrogen and oxygen atoms in total. The number of hydrogen-bond acceptors (Lipinski definition) is 3. The molecule has 1 aromatic heterocycles. The molecule has 1 heterocycles. The van der Waals surface area contributed by atoms with Crippen LogP contribution in [-0.4, -0.2) is 31.2 Å². The molecule has 0 aromatic carbocycles. The summed E-state index contributed by atoms with van der Waals surface area (Å²) >= 11 is 0. The lowest BCUT2D eigenvalue weighted by Crippen LogP contribution is -2.45. The van der Waals surface area contributed by atoms with E-state index in [4.69, 9.17) is 4.74 Å². The summed E-state index contributed by atoms with van der Waals surface area (Å²) in [6.45, 7) is 3.32. The van der Waals surface area contributed by atoms with E-state index >= 15 is 0 Å². The van der Waals surface area contributed by atoms with E-state index in [1.807, 2.05) is 6.92 Å². The average Bonchev–Trinajstić information content (AvgIpc) is 2.32.